The molecule has 1 unspecified atom stereocenters. The molecule has 1 aliphatic rings. The molecule has 0 aromatic carbocycles. The first-order valence-electron chi connectivity index (χ1n) is 5.95. The van der Waals surface area contributed by atoms with E-state index in [-0.39, 0.29) is 11.9 Å². The normalized spacial score (nSPS) is 17.7. The highest BCUT2D eigenvalue weighted by Gasteiger charge is 2.22. The molecule has 0 saturated heterocycles. The number of likely N-dealkylation sites (N-methyl/N-ethyl adjacent to an activating group) is 1. The second-order valence-electron chi connectivity index (χ2n) is 4.28. The van der Waals surface area contributed by atoms with Crippen molar-refractivity contribution < 1.29 is 4.79 Å². The van der Waals surface area contributed by atoms with Gasteiger partial charge in [0, 0.05) is 32.0 Å². The molecule has 0 spiro atoms. The molecule has 6 heteroatoms. The van der Waals surface area contributed by atoms with Crippen LogP contribution in [-0.2, 0) is 17.9 Å². The van der Waals surface area contributed by atoms with Crippen LogP contribution in [0, 0.1) is 0 Å². The van der Waals surface area contributed by atoms with Gasteiger partial charge in [-0.25, -0.2) is 4.98 Å². The van der Waals surface area contributed by atoms with Crippen molar-refractivity contribution in [1.29, 1.82) is 0 Å². The highest BCUT2D eigenvalue weighted by atomic mass is 16.1. The van der Waals surface area contributed by atoms with Crippen molar-refractivity contribution in [3.05, 3.63) is 18.2 Å². The van der Waals surface area contributed by atoms with Crippen LogP contribution < -0.4 is 11.1 Å². The van der Waals surface area contributed by atoms with E-state index >= 15 is 0 Å². The summed E-state index contributed by atoms with van der Waals surface area (Å²) in [7, 11) is 0. The van der Waals surface area contributed by atoms with Crippen molar-refractivity contribution in [2.24, 2.45) is 5.73 Å². The Balaban J connectivity index is 1.94. The fraction of sp³-hybridized carbons (Fsp3) is 0.636. The van der Waals surface area contributed by atoms with Crippen LogP contribution in [0.3, 0.4) is 0 Å². The SMILES string of the molecule is CCNC(CN1CCn2ccnc2C1)C(N)=O. The van der Waals surface area contributed by atoms with Gasteiger partial charge in [0.1, 0.15) is 5.82 Å². The number of carbonyl (C=O) groups is 1. The van der Waals surface area contributed by atoms with Crippen molar-refractivity contribution in [3.63, 3.8) is 0 Å². The number of hydrogen-bond acceptors (Lipinski definition) is 4. The van der Waals surface area contributed by atoms with E-state index in [4.69, 9.17) is 5.73 Å². The molecule has 0 radical (unpaired) electrons. The number of fused-ring (bicyclic) bond motifs is 1. The van der Waals surface area contributed by atoms with E-state index in [1.54, 1.807) is 0 Å². The van der Waals surface area contributed by atoms with Crippen molar-refractivity contribution in [2.75, 3.05) is 19.6 Å². The van der Waals surface area contributed by atoms with E-state index in [1.165, 1.54) is 0 Å². The van der Waals surface area contributed by atoms with Gasteiger partial charge in [0.25, 0.3) is 0 Å². The van der Waals surface area contributed by atoms with E-state index in [0.717, 1.165) is 32.0 Å². The molecule has 2 rings (SSSR count). The number of carbonyl (C=O) groups excluding carboxylic acids is 1. The maximum absolute atomic E-state index is 11.3. The second-order valence-corrected chi connectivity index (χ2v) is 4.28. The second kappa shape index (κ2) is 5.29. The van der Waals surface area contributed by atoms with E-state index in [2.05, 4.69) is 19.8 Å². The maximum atomic E-state index is 11.3. The molecule has 6 nitrogen and oxygen atoms in total. The predicted octanol–water partition coefficient (Wildman–Crippen LogP) is -0.838. The first-order chi connectivity index (χ1) is 8.20. The third-order valence-electron chi connectivity index (χ3n) is 3.06. The number of nitrogens with one attached hydrogen (secondary N) is 1. The average Bonchev–Trinajstić information content (AvgIpc) is 2.75. The number of hydrogen-bond donors (Lipinski definition) is 2. The van der Waals surface area contributed by atoms with Crippen LogP contribution >= 0.6 is 0 Å². The van der Waals surface area contributed by atoms with Crippen LogP contribution in [0.2, 0.25) is 0 Å². The quantitative estimate of drug-likeness (QED) is 0.700. The van der Waals surface area contributed by atoms with Crippen LogP contribution in [0.25, 0.3) is 0 Å². The molecule has 1 amide bonds. The molecular formula is C11H19N5O. The molecule has 1 aliphatic heterocycles. The Bertz CT molecular complexity index is 389. The summed E-state index contributed by atoms with van der Waals surface area (Å²) in [6, 6.07) is -0.276. The third kappa shape index (κ3) is 2.83. The van der Waals surface area contributed by atoms with Gasteiger partial charge in [-0.1, -0.05) is 6.92 Å². The van der Waals surface area contributed by atoms with Gasteiger partial charge in [-0.3, -0.25) is 9.69 Å². The molecule has 1 aromatic rings. The molecule has 0 fully saturated rings. The Morgan fingerprint density at radius 1 is 1.65 bits per heavy atom. The van der Waals surface area contributed by atoms with Gasteiger partial charge in [0.15, 0.2) is 0 Å². The van der Waals surface area contributed by atoms with Crippen molar-refractivity contribution in [1.82, 2.24) is 19.8 Å². The van der Waals surface area contributed by atoms with Crippen molar-refractivity contribution in [3.8, 4) is 0 Å². The standard InChI is InChI=1S/C11H19N5O/c1-2-13-9(11(12)17)7-15-5-6-16-4-3-14-10(16)8-15/h3-4,9,13H,2,5-8H2,1H3,(H2,12,17). The van der Waals surface area contributed by atoms with Gasteiger partial charge >= 0.3 is 0 Å². The Kier molecular flexibility index (Phi) is 3.75. The number of nitrogens with zero attached hydrogens (tertiary/aromatic N) is 3. The summed E-state index contributed by atoms with van der Waals surface area (Å²) >= 11 is 0. The van der Waals surface area contributed by atoms with Crippen molar-refractivity contribution in [2.45, 2.75) is 26.1 Å². The molecule has 0 aliphatic carbocycles. The maximum Gasteiger partial charge on any atom is 0.235 e. The first kappa shape index (κ1) is 12.1. The summed E-state index contributed by atoms with van der Waals surface area (Å²) in [5, 5.41) is 3.10. The Morgan fingerprint density at radius 3 is 3.18 bits per heavy atom. The van der Waals surface area contributed by atoms with Gasteiger partial charge in [-0.05, 0) is 6.54 Å². The molecule has 0 bridgehead atoms. The van der Waals surface area contributed by atoms with Gasteiger partial charge in [0.05, 0.1) is 12.6 Å². The van der Waals surface area contributed by atoms with Gasteiger partial charge in [0.2, 0.25) is 5.91 Å². The zero-order chi connectivity index (χ0) is 12.3. The zero-order valence-corrected chi connectivity index (χ0v) is 10.1. The van der Waals surface area contributed by atoms with E-state index in [0.29, 0.717) is 6.54 Å². The summed E-state index contributed by atoms with van der Waals surface area (Å²) in [4.78, 5) is 17.8. The highest BCUT2D eigenvalue weighted by molar-refractivity contribution is 5.80. The fourth-order valence-electron chi connectivity index (χ4n) is 2.14. The Hall–Kier alpha value is -1.40. The number of aromatic nitrogens is 2. The zero-order valence-electron chi connectivity index (χ0n) is 10.1. The van der Waals surface area contributed by atoms with Crippen LogP contribution in [-0.4, -0.2) is 46.0 Å². The largest absolute Gasteiger partial charge is 0.368 e. The molecule has 3 N–H and O–H groups in total. The van der Waals surface area contributed by atoms with Crippen LogP contribution in [0.15, 0.2) is 12.4 Å². The Labute approximate surface area is 101 Å². The third-order valence-corrected chi connectivity index (χ3v) is 3.06. The molecule has 2 heterocycles. The topological polar surface area (TPSA) is 76.2 Å². The van der Waals surface area contributed by atoms with E-state index < -0.39 is 0 Å². The lowest BCUT2D eigenvalue weighted by molar-refractivity contribution is -0.120. The lowest BCUT2D eigenvalue weighted by atomic mass is 10.2. The summed E-state index contributed by atoms with van der Waals surface area (Å²) in [5.74, 6) is 0.761. The van der Waals surface area contributed by atoms with Crippen molar-refractivity contribution >= 4 is 5.91 Å². The summed E-state index contributed by atoms with van der Waals surface area (Å²) < 4.78 is 2.14. The molecule has 17 heavy (non-hydrogen) atoms. The lowest BCUT2D eigenvalue weighted by Crippen LogP contribution is -2.50. The number of primary amides is 1. The minimum atomic E-state index is -0.291. The van der Waals surface area contributed by atoms with Crippen LogP contribution in [0.1, 0.15) is 12.7 Å². The summed E-state index contributed by atoms with van der Waals surface area (Å²) in [5.41, 5.74) is 5.37. The minimum Gasteiger partial charge on any atom is -0.368 e. The highest BCUT2D eigenvalue weighted by Crippen LogP contribution is 2.10. The average molecular weight is 237 g/mol. The number of imidazole rings is 1. The fourth-order valence-corrected chi connectivity index (χ4v) is 2.14. The molecular weight excluding hydrogens is 218 g/mol. The van der Waals surface area contributed by atoms with Crippen LogP contribution in [0.4, 0.5) is 0 Å². The van der Waals surface area contributed by atoms with E-state index in [9.17, 15) is 4.79 Å². The number of nitrogens with two attached hydrogens (primary N) is 1. The smallest absolute Gasteiger partial charge is 0.235 e. The summed E-state index contributed by atoms with van der Waals surface area (Å²) in [6.07, 6.45) is 3.80. The van der Waals surface area contributed by atoms with Gasteiger partial charge < -0.3 is 15.6 Å². The molecule has 1 atom stereocenters. The molecule has 0 saturated carbocycles. The lowest BCUT2D eigenvalue weighted by Gasteiger charge is -2.30. The first-order valence-corrected chi connectivity index (χ1v) is 5.95. The molecule has 94 valence electrons. The predicted molar refractivity (Wildman–Crippen MR) is 64.2 cm³/mol. The van der Waals surface area contributed by atoms with E-state index in [1.807, 2.05) is 19.3 Å². The number of rotatable bonds is 5. The number of amides is 1. The molecule has 1 aromatic heterocycles. The minimum absolute atomic E-state index is 0.276. The van der Waals surface area contributed by atoms with Gasteiger partial charge in [-0.2, -0.15) is 0 Å². The Morgan fingerprint density at radius 2 is 2.47 bits per heavy atom. The van der Waals surface area contributed by atoms with Crippen LogP contribution in [0.5, 0.6) is 0 Å². The summed E-state index contributed by atoms with van der Waals surface area (Å²) in [6.45, 7) is 6.00. The van der Waals surface area contributed by atoms with Gasteiger partial charge in [-0.15, -0.1) is 0 Å². The monoisotopic (exact) mass is 237 g/mol.